The van der Waals surface area contributed by atoms with Crippen molar-refractivity contribution >= 4 is 5.97 Å². The van der Waals surface area contributed by atoms with Gasteiger partial charge in [0.25, 0.3) is 0 Å². The lowest BCUT2D eigenvalue weighted by molar-refractivity contribution is -0.157. The van der Waals surface area contributed by atoms with Crippen molar-refractivity contribution in [3.63, 3.8) is 0 Å². The molecule has 3 heteroatoms. The van der Waals surface area contributed by atoms with Gasteiger partial charge in [0, 0.05) is 13.1 Å². The van der Waals surface area contributed by atoms with E-state index in [-0.39, 0.29) is 5.97 Å². The van der Waals surface area contributed by atoms with Crippen LogP contribution in [0, 0.1) is 0 Å². The Morgan fingerprint density at radius 1 is 1.17 bits per heavy atom. The van der Waals surface area contributed by atoms with Crippen molar-refractivity contribution in [1.29, 1.82) is 0 Å². The van der Waals surface area contributed by atoms with Gasteiger partial charge in [-0.05, 0) is 29.5 Å². The topological polar surface area (TPSA) is 29.5 Å². The van der Waals surface area contributed by atoms with Crippen LogP contribution in [-0.4, -0.2) is 24.5 Å². The van der Waals surface area contributed by atoms with E-state index in [4.69, 9.17) is 4.74 Å². The summed E-state index contributed by atoms with van der Waals surface area (Å²) < 4.78 is 5.24. The van der Waals surface area contributed by atoms with E-state index in [1.165, 1.54) is 18.2 Å². The van der Waals surface area contributed by atoms with Crippen molar-refractivity contribution in [3.8, 4) is 0 Å². The van der Waals surface area contributed by atoms with Gasteiger partial charge in [0.15, 0.2) is 0 Å². The second-order valence-electron chi connectivity index (χ2n) is 6.15. The molecule has 0 radical (unpaired) electrons. The van der Waals surface area contributed by atoms with Crippen LogP contribution in [0.25, 0.3) is 0 Å². The van der Waals surface area contributed by atoms with Crippen LogP contribution in [0.15, 0.2) is 67.3 Å². The zero-order chi connectivity index (χ0) is 17.0. The highest BCUT2D eigenvalue weighted by molar-refractivity contribution is 5.83. The Bertz CT molecular complexity index is 726. The average molecular weight is 321 g/mol. The highest BCUT2D eigenvalue weighted by Gasteiger charge is 2.46. The molecule has 1 aliphatic heterocycles. The summed E-state index contributed by atoms with van der Waals surface area (Å²) in [7, 11) is 1.46. The number of rotatable bonds is 5. The summed E-state index contributed by atoms with van der Waals surface area (Å²) in [5.74, 6) is -0.229. The molecule has 2 aromatic carbocycles. The minimum atomic E-state index is -0.828. The first kappa shape index (κ1) is 16.5. The maximum atomic E-state index is 12.9. The van der Waals surface area contributed by atoms with Crippen molar-refractivity contribution in [1.82, 2.24) is 4.90 Å². The van der Waals surface area contributed by atoms with Gasteiger partial charge in [-0.25, -0.2) is 4.79 Å². The summed E-state index contributed by atoms with van der Waals surface area (Å²) in [4.78, 5) is 15.2. The van der Waals surface area contributed by atoms with E-state index in [1.807, 2.05) is 36.4 Å². The lowest BCUT2D eigenvalue weighted by Crippen LogP contribution is -2.54. The van der Waals surface area contributed by atoms with Gasteiger partial charge < -0.3 is 4.74 Å². The molecular formula is C21H23NO2. The Morgan fingerprint density at radius 3 is 2.50 bits per heavy atom. The van der Waals surface area contributed by atoms with Crippen molar-refractivity contribution < 1.29 is 9.53 Å². The SMILES string of the molecule is C=CCC(C(=O)OC)(c1ccccc1)N1CCc2ccccc2C1. The van der Waals surface area contributed by atoms with E-state index >= 15 is 0 Å². The average Bonchev–Trinajstić information content (AvgIpc) is 2.66. The summed E-state index contributed by atoms with van der Waals surface area (Å²) >= 11 is 0. The second kappa shape index (κ2) is 7.02. The smallest absolute Gasteiger partial charge is 0.331 e. The van der Waals surface area contributed by atoms with Gasteiger partial charge in [-0.2, -0.15) is 0 Å². The molecule has 0 aromatic heterocycles. The molecule has 3 nitrogen and oxygen atoms in total. The van der Waals surface area contributed by atoms with Gasteiger partial charge in [0.05, 0.1) is 7.11 Å². The van der Waals surface area contributed by atoms with Gasteiger partial charge in [0.1, 0.15) is 5.54 Å². The molecule has 0 aliphatic carbocycles. The summed E-state index contributed by atoms with van der Waals surface area (Å²) in [6.45, 7) is 5.44. The maximum Gasteiger partial charge on any atom is 0.331 e. The van der Waals surface area contributed by atoms with Crippen molar-refractivity contribution in [2.75, 3.05) is 13.7 Å². The molecule has 0 spiro atoms. The molecule has 1 heterocycles. The minimum absolute atomic E-state index is 0.229. The third-order valence-electron chi connectivity index (χ3n) is 4.88. The fourth-order valence-corrected chi connectivity index (χ4v) is 3.67. The van der Waals surface area contributed by atoms with Gasteiger partial charge in [0.2, 0.25) is 0 Å². The Balaban J connectivity index is 2.08. The number of fused-ring (bicyclic) bond motifs is 1. The number of ether oxygens (including phenoxy) is 1. The van der Waals surface area contributed by atoms with Gasteiger partial charge >= 0.3 is 5.97 Å². The molecule has 24 heavy (non-hydrogen) atoms. The monoisotopic (exact) mass is 321 g/mol. The van der Waals surface area contributed by atoms with Crippen LogP contribution in [0.5, 0.6) is 0 Å². The number of methoxy groups -OCH3 is 1. The summed E-state index contributed by atoms with van der Waals surface area (Å²) in [5.41, 5.74) is 2.76. The molecule has 0 saturated heterocycles. The van der Waals surface area contributed by atoms with Crippen LogP contribution in [-0.2, 0) is 28.0 Å². The van der Waals surface area contributed by atoms with Crippen molar-refractivity contribution in [3.05, 3.63) is 83.9 Å². The van der Waals surface area contributed by atoms with E-state index in [9.17, 15) is 4.79 Å². The molecule has 3 rings (SSSR count). The molecule has 1 unspecified atom stereocenters. The second-order valence-corrected chi connectivity index (χ2v) is 6.15. The lowest BCUT2D eigenvalue weighted by Gasteiger charge is -2.44. The highest BCUT2D eigenvalue weighted by atomic mass is 16.5. The Morgan fingerprint density at radius 2 is 1.83 bits per heavy atom. The van der Waals surface area contributed by atoms with Crippen LogP contribution >= 0.6 is 0 Å². The van der Waals surface area contributed by atoms with Crippen LogP contribution in [0.4, 0.5) is 0 Å². The minimum Gasteiger partial charge on any atom is -0.467 e. The number of carbonyl (C=O) groups is 1. The number of carbonyl (C=O) groups excluding carboxylic acids is 1. The molecule has 0 N–H and O–H groups in total. The Labute approximate surface area is 143 Å². The van der Waals surface area contributed by atoms with Gasteiger partial charge in [-0.15, -0.1) is 6.58 Å². The van der Waals surface area contributed by atoms with Crippen LogP contribution in [0.1, 0.15) is 23.1 Å². The number of esters is 1. The zero-order valence-corrected chi connectivity index (χ0v) is 14.1. The fourth-order valence-electron chi connectivity index (χ4n) is 3.67. The van der Waals surface area contributed by atoms with Crippen LogP contribution in [0.2, 0.25) is 0 Å². The van der Waals surface area contributed by atoms with E-state index in [0.29, 0.717) is 6.42 Å². The number of hydrogen-bond donors (Lipinski definition) is 0. The third kappa shape index (κ3) is 2.76. The number of hydrogen-bond acceptors (Lipinski definition) is 3. The fraction of sp³-hybridized carbons (Fsp3) is 0.286. The molecule has 0 fully saturated rings. The quantitative estimate of drug-likeness (QED) is 0.621. The Hall–Kier alpha value is -2.39. The lowest BCUT2D eigenvalue weighted by atomic mass is 9.82. The first-order valence-electron chi connectivity index (χ1n) is 8.29. The molecule has 1 aliphatic rings. The van der Waals surface area contributed by atoms with E-state index in [0.717, 1.165) is 25.1 Å². The molecular weight excluding hydrogens is 298 g/mol. The predicted molar refractivity (Wildman–Crippen MR) is 95.5 cm³/mol. The third-order valence-corrected chi connectivity index (χ3v) is 4.88. The molecule has 2 aromatic rings. The van der Waals surface area contributed by atoms with Gasteiger partial charge in [-0.3, -0.25) is 4.90 Å². The predicted octanol–water partition coefficient (Wildman–Crippen LogP) is 3.69. The van der Waals surface area contributed by atoms with Crippen molar-refractivity contribution in [2.24, 2.45) is 0 Å². The van der Waals surface area contributed by atoms with Gasteiger partial charge in [-0.1, -0.05) is 60.7 Å². The first-order chi connectivity index (χ1) is 11.7. The largest absolute Gasteiger partial charge is 0.467 e. The van der Waals surface area contributed by atoms with Crippen LogP contribution < -0.4 is 0 Å². The molecule has 124 valence electrons. The summed E-state index contributed by atoms with van der Waals surface area (Å²) in [6, 6.07) is 18.3. The van der Waals surface area contributed by atoms with Crippen LogP contribution in [0.3, 0.4) is 0 Å². The summed E-state index contributed by atoms with van der Waals surface area (Å²) in [5, 5.41) is 0. The Kier molecular flexibility index (Phi) is 4.81. The van der Waals surface area contributed by atoms with E-state index in [1.54, 1.807) is 0 Å². The molecule has 0 amide bonds. The number of nitrogens with zero attached hydrogens (tertiary/aromatic N) is 1. The van der Waals surface area contributed by atoms with E-state index in [2.05, 4.69) is 35.7 Å². The van der Waals surface area contributed by atoms with E-state index < -0.39 is 5.54 Å². The number of benzene rings is 2. The maximum absolute atomic E-state index is 12.9. The molecule has 0 saturated carbocycles. The molecule has 1 atom stereocenters. The summed E-state index contributed by atoms with van der Waals surface area (Å²) in [6.07, 6.45) is 3.26. The highest BCUT2D eigenvalue weighted by Crippen LogP contribution is 2.37. The normalized spacial score (nSPS) is 16.7. The van der Waals surface area contributed by atoms with Crippen molar-refractivity contribution in [2.45, 2.75) is 24.9 Å². The first-order valence-corrected chi connectivity index (χ1v) is 8.29. The zero-order valence-electron chi connectivity index (χ0n) is 14.1. The standard InChI is InChI=1S/C21H23NO2/c1-3-14-21(20(23)24-2,19-11-5-4-6-12-19)22-15-13-17-9-7-8-10-18(17)16-22/h3-12H,1,13-16H2,2H3. The molecule has 0 bridgehead atoms.